The maximum atomic E-state index is 5.94. The first-order chi connectivity index (χ1) is 8.17. The molecule has 92 valence electrons. The highest BCUT2D eigenvalue weighted by atomic mass is 35.5. The summed E-state index contributed by atoms with van der Waals surface area (Å²) in [6.07, 6.45) is 3.86. The lowest BCUT2D eigenvalue weighted by Gasteiger charge is -2.15. The highest BCUT2D eigenvalue weighted by molar-refractivity contribution is 6.31. The van der Waals surface area contributed by atoms with Crippen LogP contribution in [0.5, 0.6) is 0 Å². The molecule has 0 spiro atoms. The monoisotopic (exact) mass is 271 g/mol. The summed E-state index contributed by atoms with van der Waals surface area (Å²) < 4.78 is 2.11. The van der Waals surface area contributed by atoms with E-state index in [1.807, 2.05) is 6.07 Å². The summed E-state index contributed by atoms with van der Waals surface area (Å²) in [5, 5.41) is 0.603. The third-order valence-electron chi connectivity index (χ3n) is 2.84. The van der Waals surface area contributed by atoms with Crippen LogP contribution in [-0.2, 0) is 5.88 Å². The van der Waals surface area contributed by atoms with Gasteiger partial charge in [0.05, 0.1) is 10.9 Å². The predicted molar refractivity (Wildman–Crippen MR) is 71.7 cm³/mol. The molecule has 0 saturated heterocycles. The van der Waals surface area contributed by atoms with Gasteiger partial charge in [-0.25, -0.2) is 9.97 Å². The SMILES string of the molecule is CCCC(C)n1c(CCl)nc2cc(Cl)cnc21. The van der Waals surface area contributed by atoms with E-state index in [-0.39, 0.29) is 0 Å². The highest BCUT2D eigenvalue weighted by Crippen LogP contribution is 2.25. The van der Waals surface area contributed by atoms with Crippen molar-refractivity contribution >= 4 is 34.4 Å². The number of hydrogen-bond donors (Lipinski definition) is 0. The third kappa shape index (κ3) is 2.40. The number of hydrogen-bond acceptors (Lipinski definition) is 2. The fourth-order valence-electron chi connectivity index (χ4n) is 2.11. The summed E-state index contributed by atoms with van der Waals surface area (Å²) in [5.74, 6) is 1.25. The van der Waals surface area contributed by atoms with Gasteiger partial charge in [-0.05, 0) is 19.4 Å². The number of rotatable bonds is 4. The summed E-state index contributed by atoms with van der Waals surface area (Å²) in [6.45, 7) is 4.33. The van der Waals surface area contributed by atoms with E-state index in [0.717, 1.165) is 29.8 Å². The maximum Gasteiger partial charge on any atom is 0.160 e. The molecule has 0 saturated carbocycles. The lowest BCUT2D eigenvalue weighted by atomic mass is 10.2. The third-order valence-corrected chi connectivity index (χ3v) is 3.28. The Labute approximate surface area is 111 Å². The molecule has 2 rings (SSSR count). The van der Waals surface area contributed by atoms with Gasteiger partial charge in [0.25, 0.3) is 0 Å². The van der Waals surface area contributed by atoms with Gasteiger partial charge in [0.2, 0.25) is 0 Å². The second kappa shape index (κ2) is 5.23. The van der Waals surface area contributed by atoms with Gasteiger partial charge < -0.3 is 4.57 Å². The molecule has 0 aromatic carbocycles. The van der Waals surface area contributed by atoms with E-state index in [1.54, 1.807) is 6.20 Å². The van der Waals surface area contributed by atoms with Crippen molar-refractivity contribution in [3.8, 4) is 0 Å². The summed E-state index contributed by atoms with van der Waals surface area (Å²) in [6, 6.07) is 2.18. The van der Waals surface area contributed by atoms with Crippen LogP contribution >= 0.6 is 23.2 Å². The van der Waals surface area contributed by atoms with Crippen molar-refractivity contribution in [3.05, 3.63) is 23.1 Å². The second-order valence-electron chi connectivity index (χ2n) is 4.17. The number of nitrogens with zero attached hydrogens (tertiary/aromatic N) is 3. The average molecular weight is 272 g/mol. The molecular weight excluding hydrogens is 257 g/mol. The zero-order chi connectivity index (χ0) is 12.4. The van der Waals surface area contributed by atoms with E-state index in [4.69, 9.17) is 23.2 Å². The van der Waals surface area contributed by atoms with Crippen LogP contribution < -0.4 is 0 Å². The molecule has 1 unspecified atom stereocenters. The van der Waals surface area contributed by atoms with Gasteiger partial charge in [0.1, 0.15) is 11.3 Å². The first-order valence-electron chi connectivity index (χ1n) is 5.75. The summed E-state index contributed by atoms with van der Waals surface area (Å²) in [7, 11) is 0. The number of halogens is 2. The molecule has 0 aliphatic carbocycles. The van der Waals surface area contributed by atoms with E-state index in [0.29, 0.717) is 16.9 Å². The molecule has 0 aliphatic rings. The number of imidazole rings is 1. The van der Waals surface area contributed by atoms with Gasteiger partial charge in [-0.1, -0.05) is 24.9 Å². The molecule has 0 bridgehead atoms. The van der Waals surface area contributed by atoms with Crippen molar-refractivity contribution in [2.45, 2.75) is 38.6 Å². The van der Waals surface area contributed by atoms with E-state index < -0.39 is 0 Å². The normalized spacial score (nSPS) is 13.2. The lowest BCUT2D eigenvalue weighted by Crippen LogP contribution is -2.08. The Kier molecular flexibility index (Phi) is 3.89. The highest BCUT2D eigenvalue weighted by Gasteiger charge is 2.15. The largest absolute Gasteiger partial charge is 0.309 e. The number of aromatic nitrogens is 3. The number of pyridine rings is 1. The van der Waals surface area contributed by atoms with Gasteiger partial charge >= 0.3 is 0 Å². The summed E-state index contributed by atoms with van der Waals surface area (Å²) in [4.78, 5) is 8.84. The Morgan fingerprint density at radius 3 is 2.88 bits per heavy atom. The molecule has 3 nitrogen and oxygen atoms in total. The van der Waals surface area contributed by atoms with Crippen LogP contribution in [0.25, 0.3) is 11.2 Å². The minimum atomic E-state index is 0.354. The van der Waals surface area contributed by atoms with Crippen molar-refractivity contribution in [2.24, 2.45) is 0 Å². The smallest absolute Gasteiger partial charge is 0.160 e. The summed E-state index contributed by atoms with van der Waals surface area (Å²) in [5.41, 5.74) is 1.68. The molecule has 0 N–H and O–H groups in total. The zero-order valence-corrected chi connectivity index (χ0v) is 11.5. The van der Waals surface area contributed by atoms with Crippen molar-refractivity contribution in [1.29, 1.82) is 0 Å². The fourth-order valence-corrected chi connectivity index (χ4v) is 2.45. The van der Waals surface area contributed by atoms with E-state index in [1.165, 1.54) is 0 Å². The van der Waals surface area contributed by atoms with Crippen molar-refractivity contribution in [2.75, 3.05) is 0 Å². The Balaban J connectivity index is 2.58. The Hall–Kier alpha value is -0.800. The van der Waals surface area contributed by atoms with Gasteiger partial charge in [-0.2, -0.15) is 0 Å². The van der Waals surface area contributed by atoms with E-state index in [9.17, 15) is 0 Å². The number of fused-ring (bicyclic) bond motifs is 1. The van der Waals surface area contributed by atoms with Crippen LogP contribution in [-0.4, -0.2) is 14.5 Å². The maximum absolute atomic E-state index is 5.94. The quantitative estimate of drug-likeness (QED) is 0.781. The van der Waals surface area contributed by atoms with Gasteiger partial charge in [-0.15, -0.1) is 11.6 Å². The standard InChI is InChI=1S/C12H15Cl2N3/c1-3-4-8(2)17-11(6-13)16-10-5-9(14)7-15-12(10)17/h5,7-8H,3-4,6H2,1-2H3. The molecule has 2 heterocycles. The van der Waals surface area contributed by atoms with E-state index in [2.05, 4.69) is 28.4 Å². The lowest BCUT2D eigenvalue weighted by molar-refractivity contribution is 0.498. The van der Waals surface area contributed by atoms with Gasteiger partial charge in [-0.3, -0.25) is 0 Å². The second-order valence-corrected chi connectivity index (χ2v) is 4.87. The van der Waals surface area contributed by atoms with E-state index >= 15 is 0 Å². The van der Waals surface area contributed by atoms with Crippen LogP contribution in [0, 0.1) is 0 Å². The topological polar surface area (TPSA) is 30.7 Å². The first kappa shape index (κ1) is 12.7. The molecule has 1 atom stereocenters. The molecular formula is C12H15Cl2N3. The predicted octanol–water partition coefficient (Wildman–Crippen LogP) is 4.18. The summed E-state index contributed by atoms with van der Waals surface area (Å²) >= 11 is 11.9. The Morgan fingerprint density at radius 2 is 2.24 bits per heavy atom. The fraction of sp³-hybridized carbons (Fsp3) is 0.500. The van der Waals surface area contributed by atoms with Crippen LogP contribution in [0.4, 0.5) is 0 Å². The van der Waals surface area contributed by atoms with Crippen LogP contribution in [0.2, 0.25) is 5.02 Å². The zero-order valence-electron chi connectivity index (χ0n) is 9.95. The molecule has 5 heteroatoms. The molecule has 2 aromatic heterocycles. The van der Waals surface area contributed by atoms with Crippen molar-refractivity contribution in [3.63, 3.8) is 0 Å². The Morgan fingerprint density at radius 1 is 1.47 bits per heavy atom. The molecule has 2 aromatic rings. The van der Waals surface area contributed by atoms with Gasteiger partial charge in [0.15, 0.2) is 5.65 Å². The molecule has 0 fully saturated rings. The molecule has 0 aliphatic heterocycles. The minimum absolute atomic E-state index is 0.354. The van der Waals surface area contributed by atoms with Crippen molar-refractivity contribution < 1.29 is 0 Å². The number of alkyl halides is 1. The Bertz CT molecular complexity index is 522. The molecule has 17 heavy (non-hydrogen) atoms. The molecule has 0 amide bonds. The van der Waals surface area contributed by atoms with Gasteiger partial charge in [0, 0.05) is 12.2 Å². The van der Waals surface area contributed by atoms with Crippen molar-refractivity contribution in [1.82, 2.24) is 14.5 Å². The van der Waals surface area contributed by atoms with Crippen LogP contribution in [0.15, 0.2) is 12.3 Å². The average Bonchev–Trinajstić information content (AvgIpc) is 2.66. The van der Waals surface area contributed by atoms with Crippen LogP contribution in [0.1, 0.15) is 38.6 Å². The first-order valence-corrected chi connectivity index (χ1v) is 6.67. The van der Waals surface area contributed by atoms with Crippen LogP contribution in [0.3, 0.4) is 0 Å². The minimum Gasteiger partial charge on any atom is -0.309 e. The molecule has 0 radical (unpaired) electrons.